The lowest BCUT2D eigenvalue weighted by Gasteiger charge is -2.00. The molecular formula is C13H11N3O3. The lowest BCUT2D eigenvalue weighted by Crippen LogP contribution is -2.24. The summed E-state index contributed by atoms with van der Waals surface area (Å²) in [7, 11) is 0. The van der Waals surface area contributed by atoms with Crippen molar-refractivity contribution in [1.29, 1.82) is 5.26 Å². The van der Waals surface area contributed by atoms with Crippen molar-refractivity contribution in [3.8, 4) is 6.07 Å². The zero-order chi connectivity index (χ0) is 14.3. The molecule has 0 fully saturated rings. The number of carbonyl (C=O) groups excluding carboxylic acids is 1. The Morgan fingerprint density at radius 2 is 2.32 bits per heavy atom. The van der Waals surface area contributed by atoms with Crippen LogP contribution in [0.2, 0.25) is 0 Å². The number of nitrogens with one attached hydrogen (secondary N) is 1. The topological polar surface area (TPSA) is 96.0 Å². The third kappa shape index (κ3) is 4.09. The number of hydrogen-bond acceptors (Lipinski definition) is 4. The van der Waals surface area contributed by atoms with E-state index in [4.69, 9.17) is 5.26 Å². The van der Waals surface area contributed by atoms with E-state index < -0.39 is 10.8 Å². The van der Waals surface area contributed by atoms with Crippen molar-refractivity contribution in [2.24, 2.45) is 0 Å². The Labute approximate surface area is 109 Å². The lowest BCUT2D eigenvalue weighted by atomic mass is 10.1. The summed E-state index contributed by atoms with van der Waals surface area (Å²) in [4.78, 5) is 21.6. The van der Waals surface area contributed by atoms with E-state index in [1.54, 1.807) is 12.1 Å². The largest absolute Gasteiger partial charge is 0.348 e. The van der Waals surface area contributed by atoms with E-state index in [-0.39, 0.29) is 17.8 Å². The Morgan fingerprint density at radius 3 is 2.89 bits per heavy atom. The molecular weight excluding hydrogens is 246 g/mol. The molecule has 1 N–H and O–H groups in total. The molecule has 0 saturated heterocycles. The minimum atomic E-state index is -0.547. The van der Waals surface area contributed by atoms with Gasteiger partial charge >= 0.3 is 0 Å². The van der Waals surface area contributed by atoms with E-state index in [1.165, 1.54) is 30.4 Å². The summed E-state index contributed by atoms with van der Waals surface area (Å²) in [5, 5.41) is 22.0. The van der Waals surface area contributed by atoms with E-state index in [1.807, 2.05) is 0 Å². The number of nitrogens with zero attached hydrogens (tertiary/aromatic N) is 2. The summed E-state index contributed by atoms with van der Waals surface area (Å²) >= 11 is 0. The number of nitro benzene ring substituents is 1. The monoisotopic (exact) mass is 257 g/mol. The Morgan fingerprint density at radius 1 is 1.58 bits per heavy atom. The molecule has 0 bridgehead atoms. The van der Waals surface area contributed by atoms with Crippen LogP contribution in [0.15, 0.2) is 42.5 Å². The molecule has 0 aromatic heterocycles. The van der Waals surface area contributed by atoms with Crippen molar-refractivity contribution in [3.63, 3.8) is 0 Å². The van der Waals surface area contributed by atoms with Crippen LogP contribution in [-0.4, -0.2) is 17.4 Å². The van der Waals surface area contributed by atoms with Gasteiger partial charge in [-0.15, -0.1) is 6.58 Å². The Balaban J connectivity index is 3.01. The van der Waals surface area contributed by atoms with Crippen LogP contribution in [0.25, 0.3) is 6.08 Å². The first-order chi connectivity index (χ1) is 9.08. The van der Waals surface area contributed by atoms with Gasteiger partial charge in [0, 0.05) is 18.7 Å². The molecule has 0 aliphatic carbocycles. The Kier molecular flexibility index (Phi) is 4.99. The minimum absolute atomic E-state index is 0.0995. The molecule has 1 aromatic carbocycles. The van der Waals surface area contributed by atoms with Gasteiger partial charge < -0.3 is 5.32 Å². The average Bonchev–Trinajstić information content (AvgIpc) is 2.42. The van der Waals surface area contributed by atoms with Crippen molar-refractivity contribution in [2.45, 2.75) is 0 Å². The molecule has 0 aliphatic heterocycles. The summed E-state index contributed by atoms with van der Waals surface area (Å²) in [6.45, 7) is 3.68. The van der Waals surface area contributed by atoms with Crippen LogP contribution >= 0.6 is 0 Å². The fourth-order valence-electron chi connectivity index (χ4n) is 1.30. The molecule has 0 saturated carbocycles. The van der Waals surface area contributed by atoms with Crippen LogP contribution in [-0.2, 0) is 4.79 Å². The first kappa shape index (κ1) is 14.1. The van der Waals surface area contributed by atoms with Crippen molar-refractivity contribution in [2.75, 3.05) is 6.54 Å². The van der Waals surface area contributed by atoms with Crippen molar-refractivity contribution in [3.05, 3.63) is 58.2 Å². The lowest BCUT2D eigenvalue weighted by molar-refractivity contribution is -0.384. The number of benzene rings is 1. The number of rotatable bonds is 5. The first-order valence-corrected chi connectivity index (χ1v) is 5.34. The third-order valence-electron chi connectivity index (χ3n) is 2.16. The van der Waals surface area contributed by atoms with Gasteiger partial charge in [-0.2, -0.15) is 5.26 Å². The molecule has 1 rings (SSSR count). The highest BCUT2D eigenvalue weighted by molar-refractivity contribution is 6.01. The molecule has 19 heavy (non-hydrogen) atoms. The van der Waals surface area contributed by atoms with Gasteiger partial charge in [0.1, 0.15) is 11.6 Å². The average molecular weight is 257 g/mol. The van der Waals surface area contributed by atoms with Crippen molar-refractivity contribution >= 4 is 17.7 Å². The van der Waals surface area contributed by atoms with E-state index >= 15 is 0 Å². The second-order valence-corrected chi connectivity index (χ2v) is 3.52. The molecule has 0 heterocycles. The van der Waals surface area contributed by atoms with Crippen LogP contribution in [0.5, 0.6) is 0 Å². The fraction of sp³-hybridized carbons (Fsp3) is 0.0769. The van der Waals surface area contributed by atoms with Crippen LogP contribution in [0.3, 0.4) is 0 Å². The van der Waals surface area contributed by atoms with Gasteiger partial charge in [0.05, 0.1) is 4.92 Å². The maximum atomic E-state index is 11.6. The van der Waals surface area contributed by atoms with Gasteiger partial charge in [-0.1, -0.05) is 18.2 Å². The summed E-state index contributed by atoms with van der Waals surface area (Å²) in [6, 6.07) is 7.44. The van der Waals surface area contributed by atoms with E-state index in [0.29, 0.717) is 5.56 Å². The maximum Gasteiger partial charge on any atom is 0.270 e. The van der Waals surface area contributed by atoms with Crippen LogP contribution in [0, 0.1) is 21.4 Å². The zero-order valence-corrected chi connectivity index (χ0v) is 10.00. The van der Waals surface area contributed by atoms with Crippen LogP contribution in [0.4, 0.5) is 5.69 Å². The molecule has 0 unspecified atom stereocenters. The number of hydrogen-bond donors (Lipinski definition) is 1. The van der Waals surface area contributed by atoms with E-state index in [0.717, 1.165) is 0 Å². The summed E-state index contributed by atoms with van der Waals surface area (Å²) in [6.07, 6.45) is 2.78. The predicted octanol–water partition coefficient (Wildman–Crippen LogP) is 1.80. The molecule has 6 nitrogen and oxygen atoms in total. The van der Waals surface area contributed by atoms with Gasteiger partial charge in [0.2, 0.25) is 0 Å². The molecule has 0 atom stereocenters. The smallest absolute Gasteiger partial charge is 0.270 e. The fourth-order valence-corrected chi connectivity index (χ4v) is 1.30. The van der Waals surface area contributed by atoms with Gasteiger partial charge in [0.25, 0.3) is 11.6 Å². The van der Waals surface area contributed by atoms with Gasteiger partial charge in [-0.3, -0.25) is 14.9 Å². The number of carbonyl (C=O) groups is 1. The van der Waals surface area contributed by atoms with Gasteiger partial charge in [0.15, 0.2) is 0 Å². The molecule has 6 heteroatoms. The van der Waals surface area contributed by atoms with E-state index in [9.17, 15) is 14.9 Å². The van der Waals surface area contributed by atoms with Crippen molar-refractivity contribution < 1.29 is 9.72 Å². The molecule has 1 amide bonds. The van der Waals surface area contributed by atoms with Crippen LogP contribution in [0.1, 0.15) is 5.56 Å². The van der Waals surface area contributed by atoms with Crippen LogP contribution < -0.4 is 5.32 Å². The quantitative estimate of drug-likeness (QED) is 0.286. The number of nitro groups is 1. The zero-order valence-electron chi connectivity index (χ0n) is 10.00. The summed E-state index contributed by atoms with van der Waals surface area (Å²) in [5.41, 5.74) is 0.194. The predicted molar refractivity (Wildman–Crippen MR) is 69.9 cm³/mol. The summed E-state index contributed by atoms with van der Waals surface area (Å²) < 4.78 is 0. The molecule has 0 aliphatic rings. The minimum Gasteiger partial charge on any atom is -0.348 e. The maximum absolute atomic E-state index is 11.6. The highest BCUT2D eigenvalue weighted by Crippen LogP contribution is 2.15. The number of amides is 1. The molecule has 1 aromatic rings. The molecule has 0 radical (unpaired) electrons. The van der Waals surface area contributed by atoms with Crippen molar-refractivity contribution in [1.82, 2.24) is 5.32 Å². The standard InChI is InChI=1S/C13H11N3O3/c1-2-6-15-13(17)11(9-14)7-10-4-3-5-12(8-10)16(18)19/h2-5,7-8H,1,6H2,(H,15,17)/b11-7+. The SMILES string of the molecule is C=CCNC(=O)/C(C#N)=C/c1cccc([N+](=O)[O-])c1. The first-order valence-electron chi connectivity index (χ1n) is 5.34. The summed E-state index contributed by atoms with van der Waals surface area (Å²) in [5.74, 6) is -0.547. The number of nitriles is 1. The highest BCUT2D eigenvalue weighted by atomic mass is 16.6. The Bertz CT molecular complexity index is 585. The Hall–Kier alpha value is -2.94. The van der Waals surface area contributed by atoms with Gasteiger partial charge in [-0.05, 0) is 11.6 Å². The normalized spacial score (nSPS) is 10.4. The molecule has 96 valence electrons. The van der Waals surface area contributed by atoms with Gasteiger partial charge in [-0.25, -0.2) is 0 Å². The molecule has 0 spiro atoms. The van der Waals surface area contributed by atoms with E-state index in [2.05, 4.69) is 11.9 Å². The number of non-ortho nitro benzene ring substituents is 1. The second kappa shape index (κ2) is 6.71. The third-order valence-corrected chi connectivity index (χ3v) is 2.16. The second-order valence-electron chi connectivity index (χ2n) is 3.52. The highest BCUT2D eigenvalue weighted by Gasteiger charge is 2.09.